The van der Waals surface area contributed by atoms with Gasteiger partial charge in [0.2, 0.25) is 11.8 Å². The lowest BCUT2D eigenvalue weighted by Gasteiger charge is -2.05. The average molecular weight is 264 g/mol. The molecule has 2 amide bonds. The van der Waals surface area contributed by atoms with Crippen molar-refractivity contribution in [1.82, 2.24) is 29.7 Å². The summed E-state index contributed by atoms with van der Waals surface area (Å²) in [5.74, 6) is -0.422. The van der Waals surface area contributed by atoms with E-state index in [9.17, 15) is 9.59 Å². The first-order chi connectivity index (χ1) is 9.24. The summed E-state index contributed by atoms with van der Waals surface area (Å²) in [4.78, 5) is 22.9. The standard InChI is InChI=1S/C9H12N8O2/c18-8(14-16-4-10-11-5-16)2-1-3-9(19)15-17-6-12-13-7-17/h4-7H,1-3H2,(H,14,18)(H,15,19). The molecular formula is C9H12N8O2. The number of rotatable bonds is 6. The fraction of sp³-hybridized carbons (Fsp3) is 0.333. The van der Waals surface area contributed by atoms with E-state index in [0.717, 1.165) is 0 Å². The Balaban J connectivity index is 1.63. The summed E-state index contributed by atoms with van der Waals surface area (Å²) < 4.78 is 2.69. The Morgan fingerprint density at radius 3 is 1.53 bits per heavy atom. The molecule has 0 aliphatic carbocycles. The van der Waals surface area contributed by atoms with Crippen molar-refractivity contribution < 1.29 is 9.59 Å². The van der Waals surface area contributed by atoms with E-state index in [4.69, 9.17) is 0 Å². The largest absolute Gasteiger partial charge is 0.273 e. The third-order valence-electron chi connectivity index (χ3n) is 2.15. The number of aromatic nitrogens is 6. The minimum Gasteiger partial charge on any atom is -0.273 e. The molecule has 10 heteroatoms. The predicted octanol–water partition coefficient (Wildman–Crippen LogP) is -1.12. The summed E-state index contributed by atoms with van der Waals surface area (Å²) in [6.45, 7) is 0. The molecule has 0 saturated heterocycles. The smallest absolute Gasteiger partial charge is 0.238 e. The molecule has 2 aromatic rings. The predicted molar refractivity (Wildman–Crippen MR) is 62.6 cm³/mol. The van der Waals surface area contributed by atoms with Gasteiger partial charge in [0.05, 0.1) is 0 Å². The van der Waals surface area contributed by atoms with Crippen LogP contribution >= 0.6 is 0 Å². The van der Waals surface area contributed by atoms with Crippen molar-refractivity contribution in [2.75, 3.05) is 10.9 Å². The van der Waals surface area contributed by atoms with Gasteiger partial charge in [-0.05, 0) is 6.42 Å². The Bertz CT molecular complexity index is 472. The highest BCUT2D eigenvalue weighted by Crippen LogP contribution is 1.97. The summed E-state index contributed by atoms with van der Waals surface area (Å²) in [5, 5.41) is 14.2. The molecule has 2 aromatic heterocycles. The monoisotopic (exact) mass is 264 g/mol. The molecule has 2 N–H and O–H groups in total. The van der Waals surface area contributed by atoms with Gasteiger partial charge < -0.3 is 0 Å². The van der Waals surface area contributed by atoms with Crippen LogP contribution in [0.25, 0.3) is 0 Å². The second-order valence-corrected chi connectivity index (χ2v) is 3.66. The van der Waals surface area contributed by atoms with Crippen molar-refractivity contribution in [1.29, 1.82) is 0 Å². The molecule has 2 heterocycles. The van der Waals surface area contributed by atoms with E-state index in [1.54, 1.807) is 0 Å². The molecule has 0 spiro atoms. The Labute approximate surface area is 107 Å². The Kier molecular flexibility index (Phi) is 4.16. The van der Waals surface area contributed by atoms with Crippen LogP contribution in [0.1, 0.15) is 19.3 Å². The van der Waals surface area contributed by atoms with E-state index in [0.29, 0.717) is 6.42 Å². The fourth-order valence-corrected chi connectivity index (χ4v) is 1.33. The van der Waals surface area contributed by atoms with E-state index in [1.807, 2.05) is 0 Å². The summed E-state index contributed by atoms with van der Waals surface area (Å²) in [5.41, 5.74) is 5.07. The zero-order valence-corrected chi connectivity index (χ0v) is 9.93. The summed E-state index contributed by atoms with van der Waals surface area (Å²) in [6, 6.07) is 0. The molecule has 0 fully saturated rings. The van der Waals surface area contributed by atoms with Gasteiger partial charge in [0.15, 0.2) is 0 Å². The molecule has 0 aliphatic rings. The lowest BCUT2D eigenvalue weighted by Crippen LogP contribution is -2.23. The number of hydrogen-bond acceptors (Lipinski definition) is 6. The van der Waals surface area contributed by atoms with Crippen LogP contribution in [0, 0.1) is 0 Å². The van der Waals surface area contributed by atoms with E-state index in [1.165, 1.54) is 34.7 Å². The Hall–Kier alpha value is -2.78. The van der Waals surface area contributed by atoms with Crippen molar-refractivity contribution in [3.63, 3.8) is 0 Å². The number of carbonyl (C=O) groups is 2. The zero-order chi connectivity index (χ0) is 13.5. The van der Waals surface area contributed by atoms with Crippen molar-refractivity contribution in [2.45, 2.75) is 19.3 Å². The topological polar surface area (TPSA) is 120 Å². The van der Waals surface area contributed by atoms with Crippen LogP contribution in [0.4, 0.5) is 0 Å². The van der Waals surface area contributed by atoms with E-state index < -0.39 is 0 Å². The molecule has 0 aliphatic heterocycles. The van der Waals surface area contributed by atoms with E-state index >= 15 is 0 Å². The fourth-order valence-electron chi connectivity index (χ4n) is 1.33. The second kappa shape index (κ2) is 6.23. The van der Waals surface area contributed by atoms with Gasteiger partial charge in [0.25, 0.3) is 0 Å². The van der Waals surface area contributed by atoms with Gasteiger partial charge in [0.1, 0.15) is 25.3 Å². The van der Waals surface area contributed by atoms with Gasteiger partial charge in [-0.2, -0.15) is 0 Å². The first-order valence-corrected chi connectivity index (χ1v) is 5.53. The summed E-state index contributed by atoms with van der Waals surface area (Å²) in [7, 11) is 0. The molecule has 0 bridgehead atoms. The number of carbonyl (C=O) groups excluding carboxylic acids is 2. The lowest BCUT2D eigenvalue weighted by atomic mass is 10.2. The number of hydrogen-bond donors (Lipinski definition) is 2. The van der Waals surface area contributed by atoms with Gasteiger partial charge in [-0.1, -0.05) is 0 Å². The maximum Gasteiger partial charge on any atom is 0.238 e. The lowest BCUT2D eigenvalue weighted by molar-refractivity contribution is -0.118. The Morgan fingerprint density at radius 2 is 1.16 bits per heavy atom. The maximum atomic E-state index is 11.5. The molecule has 2 rings (SSSR count). The Morgan fingerprint density at radius 1 is 0.789 bits per heavy atom. The highest BCUT2D eigenvalue weighted by atomic mass is 16.2. The number of nitrogens with zero attached hydrogens (tertiary/aromatic N) is 6. The van der Waals surface area contributed by atoms with Crippen molar-refractivity contribution >= 4 is 11.8 Å². The summed E-state index contributed by atoms with van der Waals surface area (Å²) in [6.07, 6.45) is 6.38. The first kappa shape index (κ1) is 12.7. The SMILES string of the molecule is O=C(CCCC(=O)Nn1cnnc1)Nn1cnnc1. The quantitative estimate of drug-likeness (QED) is 0.682. The molecule has 19 heavy (non-hydrogen) atoms. The van der Waals surface area contributed by atoms with Gasteiger partial charge in [-0.15, -0.1) is 20.4 Å². The van der Waals surface area contributed by atoms with Gasteiger partial charge in [0, 0.05) is 12.8 Å². The zero-order valence-electron chi connectivity index (χ0n) is 9.93. The van der Waals surface area contributed by atoms with Crippen LogP contribution in [-0.2, 0) is 9.59 Å². The van der Waals surface area contributed by atoms with Crippen molar-refractivity contribution in [2.24, 2.45) is 0 Å². The molecule has 0 radical (unpaired) electrons. The molecule has 0 unspecified atom stereocenters. The van der Waals surface area contributed by atoms with E-state index in [-0.39, 0.29) is 24.7 Å². The normalized spacial score (nSPS) is 10.1. The van der Waals surface area contributed by atoms with Crippen molar-refractivity contribution in [3.05, 3.63) is 25.3 Å². The highest BCUT2D eigenvalue weighted by molar-refractivity contribution is 5.86. The van der Waals surface area contributed by atoms with Crippen LogP contribution in [-0.4, -0.2) is 41.6 Å². The van der Waals surface area contributed by atoms with Crippen molar-refractivity contribution in [3.8, 4) is 0 Å². The molecule has 10 nitrogen and oxygen atoms in total. The van der Waals surface area contributed by atoms with Crippen LogP contribution in [0.15, 0.2) is 25.3 Å². The van der Waals surface area contributed by atoms with Crippen LogP contribution in [0.2, 0.25) is 0 Å². The third-order valence-corrected chi connectivity index (χ3v) is 2.15. The minimum atomic E-state index is -0.211. The molecule has 0 atom stereocenters. The number of nitrogens with one attached hydrogen (secondary N) is 2. The minimum absolute atomic E-state index is 0.211. The molecule has 0 aromatic carbocycles. The second-order valence-electron chi connectivity index (χ2n) is 3.66. The van der Waals surface area contributed by atoms with Crippen LogP contribution < -0.4 is 10.9 Å². The van der Waals surface area contributed by atoms with Crippen LogP contribution in [0.5, 0.6) is 0 Å². The van der Waals surface area contributed by atoms with Gasteiger partial charge in [-0.25, -0.2) is 9.35 Å². The highest BCUT2D eigenvalue weighted by Gasteiger charge is 2.06. The van der Waals surface area contributed by atoms with Gasteiger partial charge >= 0.3 is 0 Å². The van der Waals surface area contributed by atoms with Crippen LogP contribution in [0.3, 0.4) is 0 Å². The first-order valence-electron chi connectivity index (χ1n) is 5.53. The maximum absolute atomic E-state index is 11.5. The average Bonchev–Trinajstić information content (AvgIpc) is 3.02. The summed E-state index contributed by atoms with van der Waals surface area (Å²) >= 11 is 0. The number of amides is 2. The molecule has 0 saturated carbocycles. The van der Waals surface area contributed by atoms with Gasteiger partial charge in [-0.3, -0.25) is 20.4 Å². The van der Waals surface area contributed by atoms with E-state index in [2.05, 4.69) is 31.2 Å². The molecule has 100 valence electrons. The third kappa shape index (κ3) is 4.18. The molecular weight excluding hydrogens is 252 g/mol.